The molecule has 0 saturated carbocycles. The lowest BCUT2D eigenvalue weighted by Gasteiger charge is -2.33. The first-order valence-corrected chi connectivity index (χ1v) is 7.02. The van der Waals surface area contributed by atoms with Gasteiger partial charge in [-0.05, 0) is 37.0 Å². The molecular formula is C15H19F4NO. The number of nitrogens with one attached hydrogen (secondary N) is 1. The van der Waals surface area contributed by atoms with Crippen LogP contribution in [0.5, 0.6) is 0 Å². The van der Waals surface area contributed by atoms with Crippen LogP contribution in [-0.2, 0) is 10.9 Å². The standard InChI is InChI=1S/C15H19F4NO/c1-9(2)14-8-11(5-6-21-14)20-10-3-4-13(16)12(7-10)15(17,18)19/h3-4,7,9,11,14,20H,5-6,8H2,1-2H3. The summed E-state index contributed by atoms with van der Waals surface area (Å²) in [6.45, 7) is 4.67. The maximum Gasteiger partial charge on any atom is 0.419 e. The molecule has 2 unspecified atom stereocenters. The fourth-order valence-electron chi connectivity index (χ4n) is 2.49. The Morgan fingerprint density at radius 3 is 2.62 bits per heavy atom. The Morgan fingerprint density at radius 2 is 2.00 bits per heavy atom. The Kier molecular flexibility index (Phi) is 4.76. The summed E-state index contributed by atoms with van der Waals surface area (Å²) in [5, 5.41) is 3.06. The van der Waals surface area contributed by atoms with Crippen molar-refractivity contribution in [2.24, 2.45) is 5.92 Å². The minimum absolute atomic E-state index is 0.0395. The van der Waals surface area contributed by atoms with E-state index in [1.807, 2.05) is 13.8 Å². The van der Waals surface area contributed by atoms with Gasteiger partial charge in [0.15, 0.2) is 0 Å². The van der Waals surface area contributed by atoms with E-state index in [4.69, 9.17) is 4.74 Å². The molecule has 1 aromatic rings. The maximum absolute atomic E-state index is 13.2. The summed E-state index contributed by atoms with van der Waals surface area (Å²) in [6, 6.07) is 3.06. The number of hydrogen-bond donors (Lipinski definition) is 1. The third-order valence-electron chi connectivity index (χ3n) is 3.70. The van der Waals surface area contributed by atoms with Gasteiger partial charge in [0, 0.05) is 18.3 Å². The van der Waals surface area contributed by atoms with Crippen LogP contribution in [0.3, 0.4) is 0 Å². The lowest BCUT2D eigenvalue weighted by molar-refractivity contribution is -0.139. The van der Waals surface area contributed by atoms with Crippen molar-refractivity contribution in [1.29, 1.82) is 0 Å². The number of hydrogen-bond acceptors (Lipinski definition) is 2. The first-order valence-electron chi connectivity index (χ1n) is 7.02. The zero-order valence-electron chi connectivity index (χ0n) is 12.0. The zero-order chi connectivity index (χ0) is 15.6. The Balaban J connectivity index is 2.09. The van der Waals surface area contributed by atoms with E-state index in [1.54, 1.807) is 0 Å². The number of rotatable bonds is 3. The van der Waals surface area contributed by atoms with E-state index < -0.39 is 17.6 Å². The highest BCUT2D eigenvalue weighted by Gasteiger charge is 2.34. The molecule has 2 atom stereocenters. The van der Waals surface area contributed by atoms with Gasteiger partial charge in [-0.1, -0.05) is 13.8 Å². The molecule has 21 heavy (non-hydrogen) atoms. The van der Waals surface area contributed by atoms with Crippen LogP contribution in [-0.4, -0.2) is 18.8 Å². The zero-order valence-corrected chi connectivity index (χ0v) is 12.0. The van der Waals surface area contributed by atoms with Crippen LogP contribution in [0, 0.1) is 11.7 Å². The monoisotopic (exact) mass is 305 g/mol. The van der Waals surface area contributed by atoms with E-state index in [0.717, 1.165) is 25.0 Å². The molecule has 0 aliphatic carbocycles. The van der Waals surface area contributed by atoms with Crippen LogP contribution in [0.2, 0.25) is 0 Å². The number of alkyl halides is 3. The van der Waals surface area contributed by atoms with Crippen molar-refractivity contribution < 1.29 is 22.3 Å². The molecule has 6 heteroatoms. The molecule has 0 spiro atoms. The summed E-state index contributed by atoms with van der Waals surface area (Å²) in [4.78, 5) is 0. The van der Waals surface area contributed by atoms with E-state index in [2.05, 4.69) is 5.32 Å². The van der Waals surface area contributed by atoms with E-state index in [0.29, 0.717) is 12.5 Å². The molecule has 1 saturated heterocycles. The molecule has 118 valence electrons. The topological polar surface area (TPSA) is 21.3 Å². The summed E-state index contributed by atoms with van der Waals surface area (Å²) in [7, 11) is 0. The SMILES string of the molecule is CC(C)C1CC(Nc2ccc(F)c(C(F)(F)F)c2)CCO1. The molecule has 1 aromatic carbocycles. The highest BCUT2D eigenvalue weighted by molar-refractivity contribution is 5.48. The van der Waals surface area contributed by atoms with Crippen LogP contribution < -0.4 is 5.32 Å². The summed E-state index contributed by atoms with van der Waals surface area (Å²) in [5.41, 5.74) is -0.946. The van der Waals surface area contributed by atoms with Gasteiger partial charge in [-0.15, -0.1) is 0 Å². The molecule has 1 aliphatic rings. The second-order valence-electron chi connectivity index (χ2n) is 5.71. The Hall–Kier alpha value is -1.30. The molecule has 0 aromatic heterocycles. The predicted molar refractivity (Wildman–Crippen MR) is 72.6 cm³/mol. The van der Waals surface area contributed by atoms with E-state index in [9.17, 15) is 17.6 Å². The molecule has 0 amide bonds. The molecule has 2 rings (SSSR count). The minimum Gasteiger partial charge on any atom is -0.382 e. The Bertz CT molecular complexity index is 487. The summed E-state index contributed by atoms with van der Waals surface area (Å²) in [5.74, 6) is -0.895. The third-order valence-corrected chi connectivity index (χ3v) is 3.70. The smallest absolute Gasteiger partial charge is 0.382 e. The van der Waals surface area contributed by atoms with E-state index in [-0.39, 0.29) is 17.8 Å². The van der Waals surface area contributed by atoms with Crippen molar-refractivity contribution in [1.82, 2.24) is 0 Å². The molecule has 1 fully saturated rings. The molecule has 1 aliphatic heterocycles. The summed E-state index contributed by atoms with van der Waals surface area (Å²) in [6.07, 6.45) is -3.13. The van der Waals surface area contributed by atoms with Gasteiger partial charge < -0.3 is 10.1 Å². The van der Waals surface area contributed by atoms with Gasteiger partial charge in [0.25, 0.3) is 0 Å². The average Bonchev–Trinajstić information content (AvgIpc) is 2.40. The average molecular weight is 305 g/mol. The van der Waals surface area contributed by atoms with Crippen molar-refractivity contribution in [2.75, 3.05) is 11.9 Å². The predicted octanol–water partition coefficient (Wildman–Crippen LogP) is 4.46. The van der Waals surface area contributed by atoms with Crippen LogP contribution in [0.25, 0.3) is 0 Å². The molecule has 2 nitrogen and oxygen atoms in total. The quantitative estimate of drug-likeness (QED) is 0.833. The van der Waals surface area contributed by atoms with Crippen molar-refractivity contribution in [3.8, 4) is 0 Å². The molecule has 1 heterocycles. The number of anilines is 1. The van der Waals surface area contributed by atoms with Crippen LogP contribution >= 0.6 is 0 Å². The van der Waals surface area contributed by atoms with Crippen molar-refractivity contribution in [2.45, 2.75) is 45.0 Å². The minimum atomic E-state index is -4.68. The molecule has 1 N–H and O–H groups in total. The second-order valence-corrected chi connectivity index (χ2v) is 5.71. The Morgan fingerprint density at radius 1 is 1.29 bits per heavy atom. The highest BCUT2D eigenvalue weighted by atomic mass is 19.4. The van der Waals surface area contributed by atoms with Crippen molar-refractivity contribution >= 4 is 5.69 Å². The van der Waals surface area contributed by atoms with Gasteiger partial charge >= 0.3 is 6.18 Å². The second kappa shape index (κ2) is 6.22. The van der Waals surface area contributed by atoms with Crippen LogP contribution in [0.1, 0.15) is 32.3 Å². The normalized spacial score (nSPS) is 23.4. The summed E-state index contributed by atoms with van der Waals surface area (Å²) >= 11 is 0. The van der Waals surface area contributed by atoms with Gasteiger partial charge in [-0.3, -0.25) is 0 Å². The lowest BCUT2D eigenvalue weighted by atomic mass is 9.95. The van der Waals surface area contributed by atoms with Crippen LogP contribution in [0.15, 0.2) is 18.2 Å². The molecule has 0 radical (unpaired) electrons. The maximum atomic E-state index is 13.2. The van der Waals surface area contributed by atoms with E-state index in [1.165, 1.54) is 6.07 Å². The number of benzene rings is 1. The van der Waals surface area contributed by atoms with Crippen LogP contribution in [0.4, 0.5) is 23.2 Å². The summed E-state index contributed by atoms with van der Waals surface area (Å²) < 4.78 is 56.9. The van der Waals surface area contributed by atoms with Gasteiger partial charge in [-0.2, -0.15) is 13.2 Å². The lowest BCUT2D eigenvalue weighted by Crippen LogP contribution is -2.36. The van der Waals surface area contributed by atoms with Gasteiger partial charge in [0.05, 0.1) is 11.7 Å². The van der Waals surface area contributed by atoms with Gasteiger partial charge in [-0.25, -0.2) is 4.39 Å². The first kappa shape index (κ1) is 16.1. The van der Waals surface area contributed by atoms with Crippen molar-refractivity contribution in [3.63, 3.8) is 0 Å². The number of halogens is 4. The van der Waals surface area contributed by atoms with Gasteiger partial charge in [0.1, 0.15) is 5.82 Å². The first-order chi connectivity index (χ1) is 9.77. The van der Waals surface area contributed by atoms with Crippen molar-refractivity contribution in [3.05, 3.63) is 29.6 Å². The molecule has 0 bridgehead atoms. The molecular weight excluding hydrogens is 286 g/mol. The fraction of sp³-hybridized carbons (Fsp3) is 0.600. The third kappa shape index (κ3) is 4.09. The largest absolute Gasteiger partial charge is 0.419 e. The fourth-order valence-corrected chi connectivity index (χ4v) is 2.49. The highest BCUT2D eigenvalue weighted by Crippen LogP contribution is 2.33. The Labute approximate surface area is 121 Å². The van der Waals surface area contributed by atoms with Gasteiger partial charge in [0.2, 0.25) is 0 Å². The van der Waals surface area contributed by atoms with E-state index >= 15 is 0 Å². The number of ether oxygens (including phenoxy) is 1.